The van der Waals surface area contributed by atoms with Crippen LogP contribution < -0.4 is 0 Å². The van der Waals surface area contributed by atoms with Gasteiger partial charge in [0.15, 0.2) is 9.84 Å². The normalized spacial score (nSPS) is 11.9. The molecule has 0 spiro atoms. The van der Waals surface area contributed by atoms with Gasteiger partial charge in [0.25, 0.3) is 0 Å². The Morgan fingerprint density at radius 3 is 2.50 bits per heavy atom. The lowest BCUT2D eigenvalue weighted by Crippen LogP contribution is -2.15. The van der Waals surface area contributed by atoms with Crippen molar-refractivity contribution >= 4 is 21.4 Å². The molecule has 0 aliphatic rings. The molecule has 1 heterocycles. The van der Waals surface area contributed by atoms with Gasteiger partial charge in [0.2, 0.25) is 5.28 Å². The molecule has 0 saturated carbocycles. The number of aryl methyl sites for hydroxylation is 1. The van der Waals surface area contributed by atoms with Crippen molar-refractivity contribution in [1.82, 2.24) is 14.8 Å². The molecule has 5 nitrogen and oxygen atoms in total. The molecule has 7 heteroatoms. The second-order valence-corrected chi connectivity index (χ2v) is 5.72. The fourth-order valence-corrected chi connectivity index (χ4v) is 1.98. The SMILES string of the molecule is CCS(=O)(=O)CCn1c(C)nnc1Cl. The molecule has 0 fully saturated rings. The first-order valence-electron chi connectivity index (χ1n) is 4.22. The van der Waals surface area contributed by atoms with Gasteiger partial charge < -0.3 is 4.57 Å². The third kappa shape index (κ3) is 2.68. The van der Waals surface area contributed by atoms with E-state index in [4.69, 9.17) is 11.6 Å². The highest BCUT2D eigenvalue weighted by atomic mass is 35.5. The Balaban J connectivity index is 2.72. The predicted molar refractivity (Wildman–Crippen MR) is 54.1 cm³/mol. The van der Waals surface area contributed by atoms with Gasteiger partial charge >= 0.3 is 0 Å². The van der Waals surface area contributed by atoms with Crippen molar-refractivity contribution in [3.8, 4) is 0 Å². The summed E-state index contributed by atoms with van der Waals surface area (Å²) in [7, 11) is -2.96. The Labute approximate surface area is 88.0 Å². The number of aromatic nitrogens is 3. The predicted octanol–water partition coefficient (Wildman–Crippen LogP) is 0.675. The van der Waals surface area contributed by atoms with E-state index in [1.54, 1.807) is 18.4 Å². The van der Waals surface area contributed by atoms with Crippen LogP contribution in [0.1, 0.15) is 12.7 Å². The molecule has 0 atom stereocenters. The highest BCUT2D eigenvalue weighted by Crippen LogP contribution is 2.07. The van der Waals surface area contributed by atoms with E-state index in [2.05, 4.69) is 10.2 Å². The average Bonchev–Trinajstić information content (AvgIpc) is 2.44. The summed E-state index contributed by atoms with van der Waals surface area (Å²) in [6.45, 7) is 3.67. The summed E-state index contributed by atoms with van der Waals surface area (Å²) in [5, 5.41) is 7.59. The Hall–Kier alpha value is -0.620. The van der Waals surface area contributed by atoms with Crippen LogP contribution in [0.15, 0.2) is 0 Å². The molecule has 1 aromatic rings. The summed E-state index contributed by atoms with van der Waals surface area (Å²) < 4.78 is 24.0. The molecule has 0 saturated heterocycles. The quantitative estimate of drug-likeness (QED) is 0.772. The third-order valence-corrected chi connectivity index (χ3v) is 3.92. The van der Waals surface area contributed by atoms with Crippen molar-refractivity contribution in [1.29, 1.82) is 0 Å². The van der Waals surface area contributed by atoms with Gasteiger partial charge in [-0.25, -0.2) is 8.42 Å². The third-order valence-electron chi connectivity index (χ3n) is 1.96. The largest absolute Gasteiger partial charge is 0.301 e. The van der Waals surface area contributed by atoms with Crippen LogP contribution in [-0.4, -0.2) is 34.7 Å². The van der Waals surface area contributed by atoms with Gasteiger partial charge in [-0.2, -0.15) is 0 Å². The van der Waals surface area contributed by atoms with Crippen LogP contribution in [0, 0.1) is 6.92 Å². The van der Waals surface area contributed by atoms with E-state index in [9.17, 15) is 8.42 Å². The first-order chi connectivity index (χ1) is 6.46. The highest BCUT2D eigenvalue weighted by molar-refractivity contribution is 7.91. The van der Waals surface area contributed by atoms with E-state index in [0.717, 1.165) is 0 Å². The Morgan fingerprint density at radius 2 is 2.07 bits per heavy atom. The number of hydrogen-bond acceptors (Lipinski definition) is 4. The van der Waals surface area contributed by atoms with Crippen molar-refractivity contribution in [2.24, 2.45) is 0 Å². The van der Waals surface area contributed by atoms with E-state index in [0.29, 0.717) is 12.4 Å². The van der Waals surface area contributed by atoms with E-state index in [-0.39, 0.29) is 16.8 Å². The van der Waals surface area contributed by atoms with E-state index in [1.807, 2.05) is 0 Å². The van der Waals surface area contributed by atoms with Gasteiger partial charge in [-0.3, -0.25) is 0 Å². The summed E-state index contributed by atoms with van der Waals surface area (Å²) in [6.07, 6.45) is 0. The molecule has 1 aromatic heterocycles. The van der Waals surface area contributed by atoms with Gasteiger partial charge in [-0.15, -0.1) is 10.2 Å². The molecule has 0 N–H and O–H groups in total. The molecule has 0 amide bonds. The van der Waals surface area contributed by atoms with E-state index >= 15 is 0 Å². The summed E-state index contributed by atoms with van der Waals surface area (Å²) in [5.41, 5.74) is 0. The first kappa shape index (κ1) is 11.5. The molecule has 0 aliphatic heterocycles. The Bertz CT molecular complexity index is 393. The maximum Gasteiger partial charge on any atom is 0.225 e. The van der Waals surface area contributed by atoms with Crippen LogP contribution in [-0.2, 0) is 16.4 Å². The number of halogens is 1. The van der Waals surface area contributed by atoms with Gasteiger partial charge in [0.1, 0.15) is 5.82 Å². The van der Waals surface area contributed by atoms with Crippen molar-refractivity contribution in [3.05, 3.63) is 11.1 Å². The fourth-order valence-electron chi connectivity index (χ4n) is 0.984. The van der Waals surface area contributed by atoms with Crippen LogP contribution in [0.2, 0.25) is 5.28 Å². The van der Waals surface area contributed by atoms with Crippen molar-refractivity contribution in [2.75, 3.05) is 11.5 Å². The molecule has 14 heavy (non-hydrogen) atoms. The van der Waals surface area contributed by atoms with Crippen molar-refractivity contribution < 1.29 is 8.42 Å². The van der Waals surface area contributed by atoms with E-state index < -0.39 is 9.84 Å². The zero-order valence-electron chi connectivity index (χ0n) is 8.07. The minimum Gasteiger partial charge on any atom is -0.301 e. The van der Waals surface area contributed by atoms with Crippen molar-refractivity contribution in [2.45, 2.75) is 20.4 Å². The molecule has 0 bridgehead atoms. The molecule has 80 valence electrons. The van der Waals surface area contributed by atoms with Crippen LogP contribution in [0.4, 0.5) is 0 Å². The topological polar surface area (TPSA) is 64.8 Å². The molecular formula is C7H12ClN3O2S. The summed E-state index contributed by atoms with van der Waals surface area (Å²) >= 11 is 5.71. The number of hydrogen-bond donors (Lipinski definition) is 0. The highest BCUT2D eigenvalue weighted by Gasteiger charge is 2.11. The molecule has 0 radical (unpaired) electrons. The smallest absolute Gasteiger partial charge is 0.225 e. The second-order valence-electron chi connectivity index (χ2n) is 2.90. The molecule has 0 unspecified atom stereocenters. The summed E-state index contributed by atoms with van der Waals surface area (Å²) in [4.78, 5) is 0. The van der Waals surface area contributed by atoms with Crippen LogP contribution in [0.25, 0.3) is 0 Å². The zero-order valence-corrected chi connectivity index (χ0v) is 9.64. The van der Waals surface area contributed by atoms with Gasteiger partial charge in [-0.05, 0) is 18.5 Å². The minimum atomic E-state index is -2.96. The van der Waals surface area contributed by atoms with Gasteiger partial charge in [-0.1, -0.05) is 6.92 Å². The average molecular weight is 238 g/mol. The molecule has 0 aliphatic carbocycles. The molecular weight excluding hydrogens is 226 g/mol. The Morgan fingerprint density at radius 1 is 1.43 bits per heavy atom. The maximum absolute atomic E-state index is 11.2. The van der Waals surface area contributed by atoms with Crippen LogP contribution >= 0.6 is 11.6 Å². The second kappa shape index (κ2) is 4.27. The van der Waals surface area contributed by atoms with Crippen molar-refractivity contribution in [3.63, 3.8) is 0 Å². The lowest BCUT2D eigenvalue weighted by Gasteiger charge is -2.04. The summed E-state index contributed by atoms with van der Waals surface area (Å²) in [5.74, 6) is 0.842. The lowest BCUT2D eigenvalue weighted by atomic mass is 10.6. The minimum absolute atomic E-state index is 0.0715. The van der Waals surface area contributed by atoms with Crippen LogP contribution in [0.5, 0.6) is 0 Å². The van der Waals surface area contributed by atoms with Gasteiger partial charge in [0.05, 0.1) is 5.75 Å². The number of sulfone groups is 1. The zero-order chi connectivity index (χ0) is 10.8. The lowest BCUT2D eigenvalue weighted by molar-refractivity contribution is 0.589. The fraction of sp³-hybridized carbons (Fsp3) is 0.714. The van der Waals surface area contributed by atoms with E-state index in [1.165, 1.54) is 0 Å². The maximum atomic E-state index is 11.2. The number of rotatable bonds is 4. The van der Waals surface area contributed by atoms with Crippen LogP contribution in [0.3, 0.4) is 0 Å². The summed E-state index contributed by atoms with van der Waals surface area (Å²) in [6, 6.07) is 0. The molecule has 0 aromatic carbocycles. The molecule has 1 rings (SSSR count). The monoisotopic (exact) mass is 237 g/mol. The Kier molecular flexibility index (Phi) is 3.49. The standard InChI is InChI=1S/C7H12ClN3O2S/c1-3-14(12,13)5-4-11-6(2)9-10-7(11)8/h3-5H2,1-2H3. The first-order valence-corrected chi connectivity index (χ1v) is 6.42. The van der Waals surface area contributed by atoms with Gasteiger partial charge in [0, 0.05) is 12.3 Å². The number of nitrogens with zero attached hydrogens (tertiary/aromatic N) is 3.